The highest BCUT2D eigenvalue weighted by molar-refractivity contribution is 7.86. The van der Waals surface area contributed by atoms with E-state index < -0.39 is 14.9 Å². The summed E-state index contributed by atoms with van der Waals surface area (Å²) in [7, 11) is -4.36. The van der Waals surface area contributed by atoms with Gasteiger partial charge >= 0.3 is 0 Å². The van der Waals surface area contributed by atoms with E-state index in [0.717, 1.165) is 24.0 Å². The third-order valence-electron chi connectivity index (χ3n) is 8.31. The zero-order valence-electron chi connectivity index (χ0n) is 25.9. The number of unbranched alkanes of at least 4 members (excludes halogenated alkanes) is 12. The van der Waals surface area contributed by atoms with Crippen LogP contribution in [0.3, 0.4) is 0 Å². The number of hydrogen-bond donors (Lipinski definition) is 2. The van der Waals surface area contributed by atoms with Crippen molar-refractivity contribution >= 4 is 16.0 Å². The molecular weight excluding hydrogens is 518 g/mol. The van der Waals surface area contributed by atoms with Gasteiger partial charge in [-0.3, -0.25) is 9.35 Å². The molecule has 0 spiro atoms. The lowest BCUT2D eigenvalue weighted by Crippen LogP contribution is -2.34. The maximum absolute atomic E-state index is 12.5. The normalized spacial score (nSPS) is 13.4. The van der Waals surface area contributed by atoms with Crippen LogP contribution >= 0.6 is 0 Å². The average molecular weight is 576 g/mol. The van der Waals surface area contributed by atoms with Crippen LogP contribution in [0.25, 0.3) is 0 Å². The number of nitrogens with one attached hydrogen (secondary N) is 1. The number of allylic oxidation sites excluding steroid dienone is 2. The van der Waals surface area contributed by atoms with Gasteiger partial charge in [0.25, 0.3) is 10.1 Å². The molecular formula is C34H57NO4S. The highest BCUT2D eigenvalue weighted by Crippen LogP contribution is 2.38. The Morgan fingerprint density at radius 1 is 0.875 bits per heavy atom. The first-order valence-corrected chi connectivity index (χ1v) is 17.1. The Labute approximate surface area is 246 Å². The average Bonchev–Trinajstić information content (AvgIpc) is 2.92. The minimum Gasteiger partial charge on any atom is -0.353 e. The molecule has 0 aliphatic rings. The van der Waals surface area contributed by atoms with Gasteiger partial charge in [-0.05, 0) is 100 Å². The van der Waals surface area contributed by atoms with Crippen LogP contribution in [-0.2, 0) is 26.1 Å². The molecule has 1 aromatic carbocycles. The molecule has 6 heteroatoms. The first-order chi connectivity index (χ1) is 19.1. The second-order valence-corrected chi connectivity index (χ2v) is 13.4. The van der Waals surface area contributed by atoms with Gasteiger partial charge in [0.1, 0.15) is 4.75 Å². The summed E-state index contributed by atoms with van der Waals surface area (Å²) in [4.78, 5) is 11.4. The maximum Gasteiger partial charge on any atom is 0.274 e. The van der Waals surface area contributed by atoms with Gasteiger partial charge in [0.2, 0.25) is 5.91 Å². The number of carbonyl (C=O) groups is 1. The fourth-order valence-corrected chi connectivity index (χ4v) is 6.30. The lowest BCUT2D eigenvalue weighted by atomic mass is 9.86. The molecule has 0 aliphatic carbocycles. The molecule has 1 amide bonds. The number of benzene rings is 1. The summed E-state index contributed by atoms with van der Waals surface area (Å²) in [6.45, 7) is 11.6. The van der Waals surface area contributed by atoms with Crippen molar-refractivity contribution in [2.75, 3.05) is 6.54 Å². The zero-order valence-corrected chi connectivity index (χ0v) is 26.7. The highest BCUT2D eigenvalue weighted by Gasteiger charge is 2.40. The Hall–Kier alpha value is -1.92. The third-order valence-corrected chi connectivity index (χ3v) is 9.87. The molecule has 0 bridgehead atoms. The van der Waals surface area contributed by atoms with E-state index in [4.69, 9.17) is 0 Å². The first-order valence-electron chi connectivity index (χ1n) is 15.7. The SMILES string of the molecule is C=CC(=O)NCCCC(C)(c1ccc(CCCCCCCC/C=C\CCCCCCCC)c(C)c1C)S(=O)(=O)O. The number of aryl methyl sites for hydroxylation is 1. The van der Waals surface area contributed by atoms with Crippen LogP contribution in [0.15, 0.2) is 36.9 Å². The first kappa shape index (κ1) is 36.1. The summed E-state index contributed by atoms with van der Waals surface area (Å²) >= 11 is 0. The van der Waals surface area contributed by atoms with Crippen molar-refractivity contribution in [1.29, 1.82) is 0 Å². The lowest BCUT2D eigenvalue weighted by Gasteiger charge is -2.30. The van der Waals surface area contributed by atoms with Crippen molar-refractivity contribution in [3.63, 3.8) is 0 Å². The maximum atomic E-state index is 12.5. The van der Waals surface area contributed by atoms with Crippen LogP contribution in [0.5, 0.6) is 0 Å². The van der Waals surface area contributed by atoms with Crippen molar-refractivity contribution < 1.29 is 17.8 Å². The minimum absolute atomic E-state index is 0.206. The number of carbonyl (C=O) groups excluding carboxylic acids is 1. The van der Waals surface area contributed by atoms with E-state index >= 15 is 0 Å². The van der Waals surface area contributed by atoms with E-state index in [9.17, 15) is 17.8 Å². The molecule has 0 radical (unpaired) electrons. The Balaban J connectivity index is 2.42. The van der Waals surface area contributed by atoms with Gasteiger partial charge in [0.05, 0.1) is 0 Å². The molecule has 0 fully saturated rings. The smallest absolute Gasteiger partial charge is 0.274 e. The topological polar surface area (TPSA) is 83.5 Å². The molecule has 5 nitrogen and oxygen atoms in total. The Morgan fingerprint density at radius 3 is 1.98 bits per heavy atom. The van der Waals surface area contributed by atoms with Gasteiger partial charge in [-0.15, -0.1) is 0 Å². The number of hydrogen-bond acceptors (Lipinski definition) is 3. The largest absolute Gasteiger partial charge is 0.353 e. The van der Waals surface area contributed by atoms with Gasteiger partial charge in [-0.1, -0.05) is 95.6 Å². The second-order valence-electron chi connectivity index (χ2n) is 11.5. The summed E-state index contributed by atoms with van der Waals surface area (Å²) in [5, 5.41) is 2.67. The molecule has 1 atom stereocenters. The lowest BCUT2D eigenvalue weighted by molar-refractivity contribution is -0.116. The standard InChI is InChI=1S/C34H57NO4S/c1-6-8-9-10-11-12-13-14-15-16-17-18-19-20-21-22-24-31-25-26-32(30(4)29(31)3)34(5,40(37,38)39)27-23-28-35-33(36)7-2/h7,14-15,25-26H,2,6,8-13,16-24,27-28H2,1,3-5H3,(H,35,36)(H,37,38,39)/b15-14-. The van der Waals surface area contributed by atoms with Gasteiger partial charge in [-0.25, -0.2) is 0 Å². The van der Waals surface area contributed by atoms with E-state index in [-0.39, 0.29) is 12.3 Å². The molecule has 1 rings (SSSR count). The number of rotatable bonds is 23. The fraction of sp³-hybridized carbons (Fsp3) is 0.676. The van der Waals surface area contributed by atoms with Gasteiger partial charge in [0.15, 0.2) is 0 Å². The van der Waals surface area contributed by atoms with Crippen LogP contribution in [0.2, 0.25) is 0 Å². The Morgan fingerprint density at radius 2 is 1.43 bits per heavy atom. The molecule has 1 unspecified atom stereocenters. The van der Waals surface area contributed by atoms with Gasteiger partial charge in [0, 0.05) is 6.54 Å². The number of amides is 1. The molecule has 0 saturated carbocycles. The molecule has 2 N–H and O–H groups in total. The predicted molar refractivity (Wildman–Crippen MR) is 170 cm³/mol. The van der Waals surface area contributed by atoms with Crippen LogP contribution in [0, 0.1) is 13.8 Å². The second kappa shape index (κ2) is 20.0. The fourth-order valence-electron chi connectivity index (χ4n) is 5.40. The van der Waals surface area contributed by atoms with Crippen LogP contribution in [0.1, 0.15) is 139 Å². The van der Waals surface area contributed by atoms with Crippen molar-refractivity contribution in [1.82, 2.24) is 5.32 Å². The molecule has 1 aromatic rings. The molecule has 0 aliphatic heterocycles. The van der Waals surface area contributed by atoms with E-state index in [2.05, 4.69) is 31.0 Å². The monoisotopic (exact) mass is 575 g/mol. The van der Waals surface area contributed by atoms with Crippen LogP contribution in [0.4, 0.5) is 0 Å². The van der Waals surface area contributed by atoms with Crippen molar-refractivity contribution in [3.8, 4) is 0 Å². The van der Waals surface area contributed by atoms with Crippen LogP contribution < -0.4 is 5.32 Å². The molecule has 0 aromatic heterocycles. The summed E-state index contributed by atoms with van der Waals surface area (Å²) in [5.74, 6) is -0.295. The quantitative estimate of drug-likeness (QED) is 0.0590. The van der Waals surface area contributed by atoms with Crippen molar-refractivity contribution in [2.24, 2.45) is 0 Å². The van der Waals surface area contributed by atoms with E-state index in [1.807, 2.05) is 26.0 Å². The summed E-state index contributed by atoms with van der Waals surface area (Å²) in [6, 6.07) is 3.89. The molecule has 228 valence electrons. The molecule has 0 saturated heterocycles. The molecule has 0 heterocycles. The van der Waals surface area contributed by atoms with Crippen molar-refractivity contribution in [2.45, 2.75) is 142 Å². The highest BCUT2D eigenvalue weighted by atomic mass is 32.2. The zero-order chi connectivity index (χ0) is 29.9. The summed E-state index contributed by atoms with van der Waals surface area (Å²) in [6.07, 6.45) is 25.6. The molecule has 40 heavy (non-hydrogen) atoms. The Bertz CT molecular complexity index is 1020. The van der Waals surface area contributed by atoms with Crippen molar-refractivity contribution in [3.05, 3.63) is 59.2 Å². The van der Waals surface area contributed by atoms with Gasteiger partial charge < -0.3 is 5.32 Å². The van der Waals surface area contributed by atoms with Gasteiger partial charge in [-0.2, -0.15) is 8.42 Å². The van der Waals surface area contributed by atoms with Crippen LogP contribution in [-0.4, -0.2) is 25.4 Å². The third kappa shape index (κ3) is 13.2. The minimum atomic E-state index is -4.36. The summed E-state index contributed by atoms with van der Waals surface area (Å²) in [5.41, 5.74) is 3.89. The summed E-state index contributed by atoms with van der Waals surface area (Å²) < 4.78 is 33.7. The Kier molecular flexibility index (Phi) is 18.1. The van der Waals surface area contributed by atoms with E-state index in [1.165, 1.54) is 95.1 Å². The predicted octanol–water partition coefficient (Wildman–Crippen LogP) is 9.07. The van der Waals surface area contributed by atoms with E-state index in [1.54, 1.807) is 6.92 Å². The van der Waals surface area contributed by atoms with E-state index in [0.29, 0.717) is 18.5 Å².